The lowest BCUT2D eigenvalue weighted by molar-refractivity contribution is -0.353. The van der Waals surface area contributed by atoms with Crippen LogP contribution in [0.3, 0.4) is 0 Å². The Morgan fingerprint density at radius 3 is 2.59 bits per heavy atom. The van der Waals surface area contributed by atoms with E-state index in [1.807, 2.05) is 0 Å². The molecule has 0 spiro atoms. The van der Waals surface area contributed by atoms with Crippen molar-refractivity contribution in [3.63, 3.8) is 0 Å². The summed E-state index contributed by atoms with van der Waals surface area (Å²) in [5.41, 5.74) is 0. The highest BCUT2D eigenvalue weighted by Gasteiger charge is 2.45. The Morgan fingerprint density at radius 1 is 1.11 bits per heavy atom. The van der Waals surface area contributed by atoms with Gasteiger partial charge in [-0.3, -0.25) is 9.53 Å². The molecule has 10 heteroatoms. The minimum Gasteiger partial charge on any atom is -0.420 e. The number of hydrogen-bond acceptors (Lipinski definition) is 6. The van der Waals surface area contributed by atoms with E-state index in [4.69, 9.17) is 9.15 Å². The van der Waals surface area contributed by atoms with Gasteiger partial charge in [0.05, 0.1) is 6.10 Å². The third kappa shape index (κ3) is 4.11. The molecule has 2 atom stereocenters. The highest BCUT2D eigenvalue weighted by Crippen LogP contribution is 2.39. The topological polar surface area (TPSA) is 77.7 Å². The van der Waals surface area contributed by atoms with E-state index in [1.54, 1.807) is 4.90 Å². The molecular formula is C17H22F3N3O4. The van der Waals surface area contributed by atoms with Crippen LogP contribution < -0.4 is 0 Å². The Kier molecular flexibility index (Phi) is 5.11. The van der Waals surface area contributed by atoms with Gasteiger partial charge in [-0.2, -0.15) is 0 Å². The van der Waals surface area contributed by atoms with Crippen molar-refractivity contribution in [3.8, 4) is 0 Å². The zero-order valence-electron chi connectivity index (χ0n) is 14.8. The molecule has 3 fully saturated rings. The lowest BCUT2D eigenvalue weighted by Crippen LogP contribution is -2.48. The van der Waals surface area contributed by atoms with Crippen molar-refractivity contribution in [2.24, 2.45) is 5.92 Å². The van der Waals surface area contributed by atoms with E-state index in [-0.39, 0.29) is 30.9 Å². The van der Waals surface area contributed by atoms with Crippen LogP contribution in [0.2, 0.25) is 0 Å². The molecule has 0 radical (unpaired) electrons. The van der Waals surface area contributed by atoms with Gasteiger partial charge in [-0.15, -0.1) is 23.4 Å². The number of halogens is 3. The highest BCUT2D eigenvalue weighted by molar-refractivity contribution is 5.80. The molecular weight excluding hydrogens is 367 g/mol. The number of alkyl halides is 3. The molecule has 1 unspecified atom stereocenters. The third-order valence-corrected chi connectivity index (χ3v) is 5.48. The molecule has 0 aromatic carbocycles. The van der Waals surface area contributed by atoms with E-state index in [2.05, 4.69) is 14.9 Å². The monoisotopic (exact) mass is 389 g/mol. The first-order valence-electron chi connectivity index (χ1n) is 9.40. The van der Waals surface area contributed by atoms with Gasteiger partial charge in [-0.25, -0.2) is 0 Å². The Bertz CT molecular complexity index is 669. The minimum atomic E-state index is -4.66. The van der Waals surface area contributed by atoms with Gasteiger partial charge < -0.3 is 14.1 Å². The number of likely N-dealkylation sites (tertiary alicyclic amines) is 1. The normalized spacial score (nSPS) is 31.7. The fourth-order valence-electron chi connectivity index (χ4n) is 4.02. The van der Waals surface area contributed by atoms with E-state index < -0.39 is 18.4 Å². The molecule has 1 aromatic heterocycles. The summed E-state index contributed by atoms with van der Waals surface area (Å²) in [4.78, 5) is 14.5. The molecule has 1 aliphatic carbocycles. The van der Waals surface area contributed by atoms with Crippen LogP contribution in [0, 0.1) is 5.92 Å². The van der Waals surface area contributed by atoms with E-state index in [0.29, 0.717) is 31.4 Å². The highest BCUT2D eigenvalue weighted by atomic mass is 19.4. The van der Waals surface area contributed by atoms with E-state index in [1.165, 1.54) is 0 Å². The molecule has 1 saturated carbocycles. The molecule has 27 heavy (non-hydrogen) atoms. The second-order valence-electron chi connectivity index (χ2n) is 7.38. The van der Waals surface area contributed by atoms with Crippen molar-refractivity contribution in [2.75, 3.05) is 13.2 Å². The van der Waals surface area contributed by atoms with Gasteiger partial charge in [0.15, 0.2) is 0 Å². The smallest absolute Gasteiger partial charge is 0.420 e. The summed E-state index contributed by atoms with van der Waals surface area (Å²) in [5, 5.41) is 8.19. The summed E-state index contributed by atoms with van der Waals surface area (Å²) >= 11 is 0. The van der Waals surface area contributed by atoms with E-state index in [0.717, 1.165) is 25.7 Å². The number of rotatable bonds is 4. The molecule has 1 amide bonds. The van der Waals surface area contributed by atoms with Crippen LogP contribution in [0.5, 0.6) is 0 Å². The van der Waals surface area contributed by atoms with Crippen molar-refractivity contribution in [2.45, 2.75) is 69.6 Å². The van der Waals surface area contributed by atoms with Crippen LogP contribution in [-0.4, -0.2) is 46.6 Å². The average molecular weight is 389 g/mol. The lowest BCUT2D eigenvalue weighted by atomic mass is 9.80. The van der Waals surface area contributed by atoms with Crippen LogP contribution in [0.15, 0.2) is 4.42 Å². The summed E-state index contributed by atoms with van der Waals surface area (Å²) in [6.07, 6.45) is -1.35. The van der Waals surface area contributed by atoms with Gasteiger partial charge in [0, 0.05) is 19.1 Å². The first-order chi connectivity index (χ1) is 12.9. The van der Waals surface area contributed by atoms with Crippen molar-refractivity contribution >= 4 is 5.91 Å². The van der Waals surface area contributed by atoms with Gasteiger partial charge in [0.1, 0.15) is 12.1 Å². The number of piperidine rings is 1. The summed E-state index contributed by atoms with van der Waals surface area (Å²) in [6.45, 7) is 1.21. The number of amides is 1. The fourth-order valence-corrected chi connectivity index (χ4v) is 4.02. The van der Waals surface area contributed by atoms with Crippen molar-refractivity contribution in [1.82, 2.24) is 15.1 Å². The van der Waals surface area contributed by atoms with Crippen molar-refractivity contribution in [3.05, 3.63) is 11.8 Å². The summed E-state index contributed by atoms with van der Waals surface area (Å²) in [7, 11) is 0. The molecule has 4 rings (SSSR count). The van der Waals surface area contributed by atoms with Crippen LogP contribution in [0.4, 0.5) is 13.2 Å². The molecule has 2 saturated heterocycles. The molecule has 0 N–H and O–H groups in total. The number of nitrogens with zero attached hydrogens (tertiary/aromatic N) is 3. The van der Waals surface area contributed by atoms with Gasteiger partial charge in [0.2, 0.25) is 17.7 Å². The molecule has 2 aliphatic heterocycles. The number of carbonyl (C=O) groups is 1. The van der Waals surface area contributed by atoms with Crippen LogP contribution in [0.1, 0.15) is 68.9 Å². The average Bonchev–Trinajstić information content (AvgIpc) is 3.27. The summed E-state index contributed by atoms with van der Waals surface area (Å²) in [5.74, 6) is 0.218. The molecule has 150 valence electrons. The largest absolute Gasteiger partial charge is 0.522 e. The zero-order valence-corrected chi connectivity index (χ0v) is 14.8. The van der Waals surface area contributed by atoms with Gasteiger partial charge >= 0.3 is 6.36 Å². The van der Waals surface area contributed by atoms with Crippen LogP contribution in [-0.2, 0) is 14.3 Å². The predicted molar refractivity (Wildman–Crippen MR) is 84.2 cm³/mol. The number of aromatic nitrogens is 2. The van der Waals surface area contributed by atoms with E-state index in [9.17, 15) is 18.0 Å². The molecule has 1 aromatic rings. The minimum absolute atomic E-state index is 0.0898. The van der Waals surface area contributed by atoms with Crippen LogP contribution >= 0.6 is 0 Å². The van der Waals surface area contributed by atoms with Gasteiger partial charge in [0.25, 0.3) is 0 Å². The van der Waals surface area contributed by atoms with Crippen molar-refractivity contribution in [1.29, 1.82) is 0 Å². The maximum atomic E-state index is 12.8. The summed E-state index contributed by atoms with van der Waals surface area (Å²) in [6, 6.07) is -0.323. The Morgan fingerprint density at radius 2 is 1.89 bits per heavy atom. The Hall–Kier alpha value is -1.68. The molecule has 3 aliphatic rings. The maximum absolute atomic E-state index is 12.8. The second kappa shape index (κ2) is 7.38. The first-order valence-corrected chi connectivity index (χ1v) is 9.40. The fraction of sp³-hybridized carbons (Fsp3) is 0.824. The summed E-state index contributed by atoms with van der Waals surface area (Å²) < 4.78 is 52.1. The molecule has 0 bridgehead atoms. The van der Waals surface area contributed by atoms with Crippen LogP contribution in [0.25, 0.3) is 0 Å². The third-order valence-electron chi connectivity index (χ3n) is 5.48. The number of carbonyl (C=O) groups excluding carboxylic acids is 1. The first kappa shape index (κ1) is 18.7. The molecule has 3 heterocycles. The standard InChI is InChI=1S/C17H22F3N3O4/c18-17(19,20)27-11-8-10(9-11)16(24)23-6-2-1-4-12(23)14-21-22-15(26-14)13-5-3-7-25-13/h10-13H,1-9H2/t10?,11?,12?,13-/m1/s1. The predicted octanol–water partition coefficient (Wildman–Crippen LogP) is 3.29. The van der Waals surface area contributed by atoms with E-state index >= 15 is 0 Å². The SMILES string of the molecule is O=C(C1CC(OC(F)(F)F)C1)N1CCCCC1c1nnc([C@H]2CCCO2)o1. The quantitative estimate of drug-likeness (QED) is 0.786. The Labute approximate surface area is 154 Å². The zero-order chi connectivity index (χ0) is 19.0. The maximum Gasteiger partial charge on any atom is 0.522 e. The molecule has 7 nitrogen and oxygen atoms in total. The van der Waals surface area contributed by atoms with Gasteiger partial charge in [-0.05, 0) is 44.9 Å². The van der Waals surface area contributed by atoms with Gasteiger partial charge in [-0.1, -0.05) is 0 Å². The number of hydrogen-bond donors (Lipinski definition) is 0. The lowest BCUT2D eigenvalue weighted by Gasteiger charge is -2.41. The number of ether oxygens (including phenoxy) is 2. The van der Waals surface area contributed by atoms with Crippen molar-refractivity contribution < 1.29 is 31.9 Å². The Balaban J connectivity index is 1.40. The second-order valence-corrected chi connectivity index (χ2v) is 7.38.